The van der Waals surface area contributed by atoms with Crippen LogP contribution in [0.5, 0.6) is 5.75 Å². The molecule has 2 aromatic carbocycles. The Morgan fingerprint density at radius 1 is 1.10 bits per heavy atom. The molecule has 2 heterocycles. The summed E-state index contributed by atoms with van der Waals surface area (Å²) in [5.74, 6) is 0.984. The van der Waals surface area contributed by atoms with Gasteiger partial charge >= 0.3 is 0 Å². The standard InChI is InChI=1S/C21H20N6O2/c1-26-13-12-22-20(26)19(16-10-6-7-11-18(16)29-2)24-21(28)17-14-23-27(25-17)15-8-4-3-5-9-15/h3-14,19H,1-2H3,(H,24,28). The van der Waals surface area contributed by atoms with Crippen molar-refractivity contribution in [3.8, 4) is 11.4 Å². The Bertz CT molecular complexity index is 1120. The monoisotopic (exact) mass is 388 g/mol. The summed E-state index contributed by atoms with van der Waals surface area (Å²) >= 11 is 0. The normalized spacial score (nSPS) is 11.8. The smallest absolute Gasteiger partial charge is 0.274 e. The van der Waals surface area contributed by atoms with Gasteiger partial charge in [-0.25, -0.2) is 4.98 Å². The average molecular weight is 388 g/mol. The molecule has 1 N–H and O–H groups in total. The minimum absolute atomic E-state index is 0.211. The minimum atomic E-state index is -0.513. The van der Waals surface area contributed by atoms with E-state index in [0.717, 1.165) is 11.3 Å². The fraction of sp³-hybridized carbons (Fsp3) is 0.143. The predicted molar refractivity (Wildman–Crippen MR) is 107 cm³/mol. The van der Waals surface area contributed by atoms with Crippen LogP contribution in [0, 0.1) is 0 Å². The molecular formula is C21H20N6O2. The zero-order chi connectivity index (χ0) is 20.2. The number of methoxy groups -OCH3 is 1. The summed E-state index contributed by atoms with van der Waals surface area (Å²) in [6, 6.07) is 16.4. The molecule has 8 heteroatoms. The molecule has 8 nitrogen and oxygen atoms in total. The third-order valence-corrected chi connectivity index (χ3v) is 4.55. The number of carbonyl (C=O) groups is 1. The van der Waals surface area contributed by atoms with E-state index in [4.69, 9.17) is 4.74 Å². The van der Waals surface area contributed by atoms with Crippen molar-refractivity contribution in [2.24, 2.45) is 7.05 Å². The molecule has 4 rings (SSSR count). The Balaban J connectivity index is 1.66. The van der Waals surface area contributed by atoms with Crippen molar-refractivity contribution >= 4 is 5.91 Å². The molecule has 4 aromatic rings. The Morgan fingerprint density at radius 2 is 1.86 bits per heavy atom. The first-order valence-corrected chi connectivity index (χ1v) is 9.06. The molecule has 1 unspecified atom stereocenters. The molecule has 1 amide bonds. The van der Waals surface area contributed by atoms with Crippen LogP contribution in [-0.2, 0) is 7.05 Å². The molecule has 146 valence electrons. The van der Waals surface area contributed by atoms with E-state index in [2.05, 4.69) is 20.5 Å². The van der Waals surface area contributed by atoms with Crippen LogP contribution in [0.25, 0.3) is 5.69 Å². The Kier molecular flexibility index (Phi) is 5.07. The number of imidazole rings is 1. The highest BCUT2D eigenvalue weighted by molar-refractivity contribution is 5.92. The third kappa shape index (κ3) is 3.73. The van der Waals surface area contributed by atoms with Gasteiger partial charge in [0.2, 0.25) is 0 Å². The molecule has 0 saturated heterocycles. The van der Waals surface area contributed by atoms with Crippen LogP contribution >= 0.6 is 0 Å². The van der Waals surface area contributed by atoms with Gasteiger partial charge in [0.15, 0.2) is 5.69 Å². The molecule has 1 atom stereocenters. The Morgan fingerprint density at radius 3 is 2.59 bits per heavy atom. The van der Waals surface area contributed by atoms with Gasteiger partial charge in [-0.1, -0.05) is 36.4 Å². The number of nitrogens with zero attached hydrogens (tertiary/aromatic N) is 5. The molecule has 2 aromatic heterocycles. The number of benzene rings is 2. The first-order valence-electron chi connectivity index (χ1n) is 9.06. The number of rotatable bonds is 6. The highest BCUT2D eigenvalue weighted by atomic mass is 16.5. The molecule has 0 aliphatic carbocycles. The van der Waals surface area contributed by atoms with E-state index in [1.165, 1.54) is 11.0 Å². The summed E-state index contributed by atoms with van der Waals surface area (Å²) in [6.07, 6.45) is 4.96. The quantitative estimate of drug-likeness (QED) is 0.548. The maximum Gasteiger partial charge on any atom is 0.274 e. The number of hydrogen-bond donors (Lipinski definition) is 1. The fourth-order valence-electron chi connectivity index (χ4n) is 3.10. The zero-order valence-corrected chi connectivity index (χ0v) is 16.1. The summed E-state index contributed by atoms with van der Waals surface area (Å²) < 4.78 is 7.35. The van der Waals surface area contributed by atoms with E-state index in [1.54, 1.807) is 13.3 Å². The number of nitrogens with one attached hydrogen (secondary N) is 1. The topological polar surface area (TPSA) is 86.9 Å². The number of ether oxygens (including phenoxy) is 1. The van der Waals surface area contributed by atoms with Gasteiger partial charge in [-0.05, 0) is 18.2 Å². The van der Waals surface area contributed by atoms with Crippen molar-refractivity contribution in [1.29, 1.82) is 0 Å². The lowest BCUT2D eigenvalue weighted by molar-refractivity contribution is 0.0935. The van der Waals surface area contributed by atoms with E-state index < -0.39 is 6.04 Å². The summed E-state index contributed by atoms with van der Waals surface area (Å²) in [4.78, 5) is 18.8. The average Bonchev–Trinajstić information content (AvgIpc) is 3.42. The van der Waals surface area contributed by atoms with E-state index in [1.807, 2.05) is 72.4 Å². The molecule has 29 heavy (non-hydrogen) atoms. The van der Waals surface area contributed by atoms with Crippen LogP contribution in [-0.4, -0.2) is 37.6 Å². The van der Waals surface area contributed by atoms with Gasteiger partial charge in [-0.3, -0.25) is 4.79 Å². The van der Waals surface area contributed by atoms with Gasteiger partial charge in [0, 0.05) is 25.0 Å². The Hall–Kier alpha value is -3.94. The van der Waals surface area contributed by atoms with E-state index in [0.29, 0.717) is 11.6 Å². The van der Waals surface area contributed by atoms with Gasteiger partial charge in [0.05, 0.1) is 19.0 Å². The lowest BCUT2D eigenvalue weighted by Crippen LogP contribution is -2.31. The second-order valence-electron chi connectivity index (χ2n) is 6.40. The SMILES string of the molecule is COc1ccccc1C(NC(=O)c1cnn(-c2ccccc2)n1)c1nccn1C. The lowest BCUT2D eigenvalue weighted by Gasteiger charge is -2.20. The zero-order valence-electron chi connectivity index (χ0n) is 16.1. The first kappa shape index (κ1) is 18.4. The highest BCUT2D eigenvalue weighted by Crippen LogP contribution is 2.29. The van der Waals surface area contributed by atoms with Crippen LogP contribution in [0.2, 0.25) is 0 Å². The van der Waals surface area contributed by atoms with Crippen LogP contribution in [0.1, 0.15) is 27.9 Å². The number of carbonyl (C=O) groups excluding carboxylic acids is 1. The molecular weight excluding hydrogens is 368 g/mol. The molecule has 0 fully saturated rings. The molecule has 0 bridgehead atoms. The van der Waals surface area contributed by atoms with E-state index in [9.17, 15) is 4.79 Å². The largest absolute Gasteiger partial charge is 0.496 e. The maximum absolute atomic E-state index is 13.0. The van der Waals surface area contributed by atoms with Crippen molar-refractivity contribution in [3.63, 3.8) is 0 Å². The van der Waals surface area contributed by atoms with Gasteiger partial charge in [0.1, 0.15) is 17.6 Å². The summed E-state index contributed by atoms with van der Waals surface area (Å²) in [5, 5.41) is 11.5. The van der Waals surface area contributed by atoms with Gasteiger partial charge in [0.25, 0.3) is 5.91 Å². The van der Waals surface area contributed by atoms with E-state index in [-0.39, 0.29) is 11.6 Å². The number of hydrogen-bond acceptors (Lipinski definition) is 5. The van der Waals surface area contributed by atoms with Crippen LogP contribution in [0.3, 0.4) is 0 Å². The van der Waals surface area contributed by atoms with E-state index >= 15 is 0 Å². The molecule has 0 aliphatic rings. The van der Waals surface area contributed by atoms with Crippen molar-refractivity contribution in [3.05, 3.63) is 90.3 Å². The molecule has 0 spiro atoms. The first-order chi connectivity index (χ1) is 14.2. The predicted octanol–water partition coefficient (Wildman–Crippen LogP) is 2.53. The molecule has 0 radical (unpaired) electrons. The molecule has 0 saturated carbocycles. The van der Waals surface area contributed by atoms with Crippen LogP contribution < -0.4 is 10.1 Å². The van der Waals surface area contributed by atoms with Crippen molar-refractivity contribution < 1.29 is 9.53 Å². The second-order valence-corrected chi connectivity index (χ2v) is 6.40. The summed E-state index contributed by atoms with van der Waals surface area (Å²) in [5.41, 5.74) is 1.79. The second kappa shape index (κ2) is 7.97. The van der Waals surface area contributed by atoms with Crippen LogP contribution in [0.15, 0.2) is 73.2 Å². The van der Waals surface area contributed by atoms with Crippen molar-refractivity contribution in [1.82, 2.24) is 29.9 Å². The van der Waals surface area contributed by atoms with Gasteiger partial charge in [-0.2, -0.15) is 9.90 Å². The third-order valence-electron chi connectivity index (χ3n) is 4.55. The number of amides is 1. The fourth-order valence-corrected chi connectivity index (χ4v) is 3.10. The van der Waals surface area contributed by atoms with Crippen molar-refractivity contribution in [2.45, 2.75) is 6.04 Å². The van der Waals surface area contributed by atoms with Gasteiger partial charge in [-0.15, -0.1) is 5.10 Å². The van der Waals surface area contributed by atoms with Crippen LogP contribution in [0.4, 0.5) is 0 Å². The highest BCUT2D eigenvalue weighted by Gasteiger charge is 2.25. The lowest BCUT2D eigenvalue weighted by atomic mass is 10.0. The number of aromatic nitrogens is 5. The molecule has 0 aliphatic heterocycles. The van der Waals surface area contributed by atoms with Crippen molar-refractivity contribution in [2.75, 3.05) is 7.11 Å². The maximum atomic E-state index is 13.0. The number of para-hydroxylation sites is 2. The summed E-state index contributed by atoms with van der Waals surface area (Å²) in [7, 11) is 3.48. The minimum Gasteiger partial charge on any atom is -0.496 e. The number of aryl methyl sites for hydroxylation is 1. The summed E-state index contributed by atoms with van der Waals surface area (Å²) in [6.45, 7) is 0. The Labute approximate surface area is 167 Å². The van der Waals surface area contributed by atoms with Gasteiger partial charge < -0.3 is 14.6 Å².